The minimum atomic E-state index is -0.0515. The van der Waals surface area contributed by atoms with Gasteiger partial charge in [-0.15, -0.1) is 5.10 Å². The van der Waals surface area contributed by atoms with Gasteiger partial charge < -0.3 is 15.0 Å². The van der Waals surface area contributed by atoms with E-state index in [4.69, 9.17) is 4.74 Å². The highest BCUT2D eigenvalue weighted by molar-refractivity contribution is 5.92. The molecular formula is C11H17N5O2. The van der Waals surface area contributed by atoms with Gasteiger partial charge in [-0.3, -0.25) is 4.79 Å². The molecule has 1 aromatic rings. The van der Waals surface area contributed by atoms with Crippen molar-refractivity contribution in [3.05, 3.63) is 11.9 Å². The first kappa shape index (κ1) is 11.6. The minimum Gasteiger partial charge on any atom is -0.377 e. The summed E-state index contributed by atoms with van der Waals surface area (Å²) in [5.41, 5.74) is 0.427. The Hall–Kier alpha value is -1.47. The van der Waals surface area contributed by atoms with E-state index >= 15 is 0 Å². The van der Waals surface area contributed by atoms with E-state index in [1.165, 1.54) is 0 Å². The van der Waals surface area contributed by atoms with Crippen molar-refractivity contribution in [1.82, 2.24) is 25.2 Å². The van der Waals surface area contributed by atoms with Crippen molar-refractivity contribution >= 4 is 5.91 Å². The molecule has 0 unspecified atom stereocenters. The molecule has 0 aliphatic carbocycles. The van der Waals surface area contributed by atoms with Gasteiger partial charge in [-0.25, -0.2) is 4.68 Å². The molecular weight excluding hydrogens is 234 g/mol. The lowest BCUT2D eigenvalue weighted by Crippen LogP contribution is -2.47. The number of aromatic nitrogens is 3. The van der Waals surface area contributed by atoms with Gasteiger partial charge in [0.2, 0.25) is 0 Å². The molecule has 1 N–H and O–H groups in total. The third kappa shape index (κ3) is 1.99. The summed E-state index contributed by atoms with van der Waals surface area (Å²) in [4.78, 5) is 14.1. The second-order valence-corrected chi connectivity index (χ2v) is 4.82. The third-order valence-corrected chi connectivity index (χ3v) is 3.49. The number of ether oxygens (including phenoxy) is 1. The lowest BCUT2D eigenvalue weighted by atomic mass is 10.2. The summed E-state index contributed by atoms with van der Waals surface area (Å²) < 4.78 is 7.10. The van der Waals surface area contributed by atoms with Gasteiger partial charge in [0.05, 0.1) is 31.5 Å². The molecule has 98 valence electrons. The van der Waals surface area contributed by atoms with Crippen molar-refractivity contribution < 1.29 is 9.53 Å². The molecule has 2 saturated heterocycles. The lowest BCUT2D eigenvalue weighted by molar-refractivity contribution is 0.00326. The topological polar surface area (TPSA) is 72.3 Å². The molecule has 1 atom stereocenters. The number of nitrogens with one attached hydrogen (secondary N) is 1. The first-order valence-corrected chi connectivity index (χ1v) is 6.27. The van der Waals surface area contributed by atoms with Gasteiger partial charge in [0.1, 0.15) is 0 Å². The molecule has 18 heavy (non-hydrogen) atoms. The summed E-state index contributed by atoms with van der Waals surface area (Å²) in [7, 11) is 0. The zero-order valence-corrected chi connectivity index (χ0v) is 10.4. The average molecular weight is 251 g/mol. The van der Waals surface area contributed by atoms with Crippen molar-refractivity contribution in [2.24, 2.45) is 0 Å². The van der Waals surface area contributed by atoms with Crippen LogP contribution in [0, 0.1) is 0 Å². The van der Waals surface area contributed by atoms with Crippen molar-refractivity contribution in [3.8, 4) is 0 Å². The van der Waals surface area contributed by atoms with E-state index in [-0.39, 0.29) is 11.9 Å². The maximum atomic E-state index is 12.3. The van der Waals surface area contributed by atoms with Crippen molar-refractivity contribution in [3.63, 3.8) is 0 Å². The van der Waals surface area contributed by atoms with Crippen LogP contribution < -0.4 is 5.32 Å². The van der Waals surface area contributed by atoms with Gasteiger partial charge in [-0.05, 0) is 6.92 Å². The number of amides is 1. The maximum absolute atomic E-state index is 12.3. The molecule has 3 rings (SSSR count). The lowest BCUT2D eigenvalue weighted by Gasteiger charge is -2.32. The van der Waals surface area contributed by atoms with Crippen molar-refractivity contribution in [1.29, 1.82) is 0 Å². The van der Waals surface area contributed by atoms with Crippen LogP contribution in [0.25, 0.3) is 0 Å². The Morgan fingerprint density at radius 3 is 3.06 bits per heavy atom. The largest absolute Gasteiger partial charge is 0.377 e. The standard InChI is InChI=1S/C11H17N5O2/c1-8-7-18-3-2-15(8)11(17)10-6-16(14-13-10)9-4-12-5-9/h6,8-9,12H,2-5,7H2,1H3/t8-/m1/s1. The monoisotopic (exact) mass is 251 g/mol. The van der Waals surface area contributed by atoms with E-state index < -0.39 is 0 Å². The quantitative estimate of drug-likeness (QED) is 0.751. The van der Waals surface area contributed by atoms with Crippen molar-refractivity contribution in [2.75, 3.05) is 32.8 Å². The maximum Gasteiger partial charge on any atom is 0.276 e. The molecule has 2 fully saturated rings. The Balaban J connectivity index is 1.72. The van der Waals surface area contributed by atoms with E-state index in [0.29, 0.717) is 31.5 Å². The molecule has 7 nitrogen and oxygen atoms in total. The Morgan fingerprint density at radius 1 is 1.56 bits per heavy atom. The molecule has 1 aromatic heterocycles. The van der Waals surface area contributed by atoms with Crippen LogP contribution >= 0.6 is 0 Å². The SMILES string of the molecule is C[C@@H]1COCCN1C(=O)c1cn(C2CNC2)nn1. The van der Waals surface area contributed by atoms with E-state index in [1.807, 2.05) is 6.92 Å². The number of rotatable bonds is 2. The second-order valence-electron chi connectivity index (χ2n) is 4.82. The highest BCUT2D eigenvalue weighted by Gasteiger charge is 2.28. The van der Waals surface area contributed by atoms with Crippen LogP contribution in [0.2, 0.25) is 0 Å². The van der Waals surface area contributed by atoms with Gasteiger partial charge in [-0.1, -0.05) is 5.21 Å². The molecule has 1 amide bonds. The van der Waals surface area contributed by atoms with Crippen LogP contribution in [0.4, 0.5) is 0 Å². The number of carbonyl (C=O) groups is 1. The van der Waals surface area contributed by atoms with E-state index in [0.717, 1.165) is 13.1 Å². The number of hydrogen-bond donors (Lipinski definition) is 1. The normalized spacial score (nSPS) is 24.9. The Labute approximate surface area is 105 Å². The van der Waals surface area contributed by atoms with Crippen LogP contribution in [-0.4, -0.2) is 64.7 Å². The molecule has 0 spiro atoms. The fourth-order valence-electron chi connectivity index (χ4n) is 2.19. The molecule has 0 radical (unpaired) electrons. The Kier molecular flexibility index (Phi) is 3.00. The predicted octanol–water partition coefficient (Wildman–Crippen LogP) is -0.717. The van der Waals surface area contributed by atoms with Gasteiger partial charge in [0.15, 0.2) is 5.69 Å². The summed E-state index contributed by atoms with van der Waals surface area (Å²) >= 11 is 0. The van der Waals surface area contributed by atoms with Crippen LogP contribution in [0.15, 0.2) is 6.20 Å². The van der Waals surface area contributed by atoms with Crippen LogP contribution in [0.5, 0.6) is 0 Å². The Morgan fingerprint density at radius 2 is 2.39 bits per heavy atom. The van der Waals surface area contributed by atoms with E-state index in [1.54, 1.807) is 15.8 Å². The highest BCUT2D eigenvalue weighted by Crippen LogP contribution is 2.13. The highest BCUT2D eigenvalue weighted by atomic mass is 16.5. The van der Waals surface area contributed by atoms with Crippen LogP contribution in [0.3, 0.4) is 0 Å². The number of carbonyl (C=O) groups excluding carboxylic acids is 1. The molecule has 7 heteroatoms. The third-order valence-electron chi connectivity index (χ3n) is 3.49. The summed E-state index contributed by atoms with van der Waals surface area (Å²) in [5, 5.41) is 11.2. The van der Waals surface area contributed by atoms with Crippen LogP contribution in [0.1, 0.15) is 23.5 Å². The van der Waals surface area contributed by atoms with E-state index in [9.17, 15) is 4.79 Å². The van der Waals surface area contributed by atoms with Gasteiger partial charge in [0.25, 0.3) is 5.91 Å². The van der Waals surface area contributed by atoms with Crippen LogP contribution in [-0.2, 0) is 4.74 Å². The fraction of sp³-hybridized carbons (Fsp3) is 0.727. The first-order valence-electron chi connectivity index (χ1n) is 6.27. The number of morpholine rings is 1. The summed E-state index contributed by atoms with van der Waals surface area (Å²) in [6, 6.07) is 0.433. The summed E-state index contributed by atoms with van der Waals surface area (Å²) in [5.74, 6) is -0.0515. The fourth-order valence-corrected chi connectivity index (χ4v) is 2.19. The van der Waals surface area contributed by atoms with Crippen molar-refractivity contribution in [2.45, 2.75) is 19.0 Å². The average Bonchev–Trinajstić information content (AvgIpc) is 2.76. The summed E-state index contributed by atoms with van der Waals surface area (Å²) in [6.45, 7) is 5.58. The van der Waals surface area contributed by atoms with Gasteiger partial charge >= 0.3 is 0 Å². The number of nitrogens with zero attached hydrogens (tertiary/aromatic N) is 4. The number of hydrogen-bond acceptors (Lipinski definition) is 5. The molecule has 3 heterocycles. The summed E-state index contributed by atoms with van der Waals surface area (Å²) in [6.07, 6.45) is 1.75. The first-order chi connectivity index (χ1) is 8.75. The molecule has 2 aliphatic heterocycles. The molecule has 2 aliphatic rings. The molecule has 0 bridgehead atoms. The molecule has 0 saturated carbocycles. The zero-order valence-electron chi connectivity index (χ0n) is 10.4. The zero-order chi connectivity index (χ0) is 12.5. The second kappa shape index (κ2) is 4.66. The predicted molar refractivity (Wildman–Crippen MR) is 63.2 cm³/mol. The van der Waals surface area contributed by atoms with E-state index in [2.05, 4.69) is 15.6 Å². The smallest absolute Gasteiger partial charge is 0.276 e. The van der Waals surface area contributed by atoms with Gasteiger partial charge in [0, 0.05) is 19.6 Å². The van der Waals surface area contributed by atoms with Gasteiger partial charge in [-0.2, -0.15) is 0 Å². The molecule has 0 aromatic carbocycles. The Bertz CT molecular complexity index is 442. The minimum absolute atomic E-state index is 0.0515.